The van der Waals surface area contributed by atoms with Crippen molar-refractivity contribution in [1.82, 2.24) is 4.90 Å². The van der Waals surface area contributed by atoms with Crippen LogP contribution >= 0.6 is 0 Å². The highest BCUT2D eigenvalue weighted by Gasteiger charge is 2.06. The number of nitrogens with zero attached hydrogens (tertiary/aromatic N) is 1. The minimum atomic E-state index is -1.11. The van der Waals surface area contributed by atoms with Crippen molar-refractivity contribution >= 4 is 8.07 Å². The van der Waals surface area contributed by atoms with E-state index in [-0.39, 0.29) is 0 Å². The topological polar surface area (TPSA) is 3.24 Å². The van der Waals surface area contributed by atoms with E-state index < -0.39 is 8.07 Å². The molecule has 0 atom stereocenters. The monoisotopic (exact) mass is 169 g/mol. The average molecular weight is 169 g/mol. The van der Waals surface area contributed by atoms with Gasteiger partial charge in [0.25, 0.3) is 0 Å². The molecule has 0 unspecified atom stereocenters. The van der Waals surface area contributed by atoms with Gasteiger partial charge in [-0.3, -0.25) is 0 Å². The molecule has 0 aliphatic carbocycles. The van der Waals surface area contributed by atoms with Crippen molar-refractivity contribution in [2.24, 2.45) is 0 Å². The van der Waals surface area contributed by atoms with Crippen LogP contribution in [0.1, 0.15) is 6.42 Å². The second kappa shape index (κ2) is 4.58. The van der Waals surface area contributed by atoms with E-state index in [1.54, 1.807) is 0 Å². The largest absolute Gasteiger partial charge is 0.308 e. The molecule has 0 aromatic carbocycles. The van der Waals surface area contributed by atoms with Crippen molar-refractivity contribution in [2.75, 3.05) is 20.6 Å². The van der Waals surface area contributed by atoms with Gasteiger partial charge < -0.3 is 4.90 Å². The SMILES string of the molecule is CN(C)CCC#C[Si](C)(C)C. The van der Waals surface area contributed by atoms with E-state index in [9.17, 15) is 0 Å². The van der Waals surface area contributed by atoms with Gasteiger partial charge in [0, 0.05) is 13.0 Å². The van der Waals surface area contributed by atoms with Crippen LogP contribution in [-0.4, -0.2) is 33.6 Å². The fraction of sp³-hybridized carbons (Fsp3) is 0.778. The first-order valence-corrected chi connectivity index (χ1v) is 7.56. The molecule has 11 heavy (non-hydrogen) atoms. The molecule has 0 aromatic heterocycles. The second-order valence-corrected chi connectivity index (χ2v) is 8.86. The predicted octanol–water partition coefficient (Wildman–Crippen LogP) is 1.82. The quantitative estimate of drug-likeness (QED) is 0.450. The summed E-state index contributed by atoms with van der Waals surface area (Å²) in [5.41, 5.74) is 3.34. The van der Waals surface area contributed by atoms with Gasteiger partial charge in [0.2, 0.25) is 0 Å². The molecule has 2 heteroatoms. The molecule has 0 spiro atoms. The molecule has 0 aromatic rings. The molecule has 0 aliphatic heterocycles. The van der Waals surface area contributed by atoms with Crippen molar-refractivity contribution in [3.05, 3.63) is 0 Å². The van der Waals surface area contributed by atoms with Crippen LogP contribution in [0.15, 0.2) is 0 Å². The number of hydrogen-bond acceptors (Lipinski definition) is 1. The van der Waals surface area contributed by atoms with Crippen molar-refractivity contribution < 1.29 is 0 Å². The highest BCUT2D eigenvalue weighted by molar-refractivity contribution is 6.83. The van der Waals surface area contributed by atoms with E-state index in [4.69, 9.17) is 0 Å². The summed E-state index contributed by atoms with van der Waals surface area (Å²) in [7, 11) is 3.05. The van der Waals surface area contributed by atoms with Crippen LogP contribution in [0.3, 0.4) is 0 Å². The molecule has 0 aliphatic rings. The van der Waals surface area contributed by atoms with Crippen LogP contribution in [-0.2, 0) is 0 Å². The first-order valence-electron chi connectivity index (χ1n) is 4.06. The molecule has 0 heterocycles. The Hall–Kier alpha value is -0.263. The molecule has 0 radical (unpaired) electrons. The molecule has 0 fully saturated rings. The van der Waals surface area contributed by atoms with E-state index in [0.717, 1.165) is 13.0 Å². The van der Waals surface area contributed by atoms with E-state index in [1.807, 2.05) is 0 Å². The summed E-state index contributed by atoms with van der Waals surface area (Å²) in [4.78, 5) is 2.17. The van der Waals surface area contributed by atoms with Crippen LogP contribution < -0.4 is 0 Å². The zero-order valence-corrected chi connectivity index (χ0v) is 9.36. The van der Waals surface area contributed by atoms with Crippen molar-refractivity contribution in [1.29, 1.82) is 0 Å². The second-order valence-electron chi connectivity index (χ2n) is 4.11. The van der Waals surface area contributed by atoms with E-state index in [2.05, 4.69) is 50.1 Å². The highest BCUT2D eigenvalue weighted by Crippen LogP contribution is 1.96. The molecule has 0 saturated heterocycles. The van der Waals surface area contributed by atoms with Gasteiger partial charge in [0.05, 0.1) is 0 Å². The number of rotatable bonds is 2. The Morgan fingerprint density at radius 2 is 1.73 bits per heavy atom. The fourth-order valence-corrected chi connectivity index (χ4v) is 1.26. The Kier molecular flexibility index (Phi) is 4.47. The molecule has 0 bridgehead atoms. The summed E-state index contributed by atoms with van der Waals surface area (Å²) in [5.74, 6) is 3.23. The maximum atomic E-state index is 3.34. The first-order chi connectivity index (χ1) is 4.92. The van der Waals surface area contributed by atoms with Gasteiger partial charge in [0.15, 0.2) is 0 Å². The molecule has 1 nitrogen and oxygen atoms in total. The van der Waals surface area contributed by atoms with Gasteiger partial charge in [-0.25, -0.2) is 0 Å². The molecular weight excluding hydrogens is 150 g/mol. The van der Waals surface area contributed by atoms with Gasteiger partial charge in [-0.05, 0) is 14.1 Å². The normalized spacial score (nSPS) is 11.1. The van der Waals surface area contributed by atoms with E-state index in [1.165, 1.54) is 0 Å². The molecule has 0 amide bonds. The highest BCUT2D eigenvalue weighted by atomic mass is 28.3. The Morgan fingerprint density at radius 3 is 2.09 bits per heavy atom. The molecule has 64 valence electrons. The summed E-state index contributed by atoms with van der Waals surface area (Å²) in [5, 5.41) is 0. The average Bonchev–Trinajstić information content (AvgIpc) is 1.78. The van der Waals surface area contributed by atoms with Gasteiger partial charge >= 0.3 is 0 Å². The van der Waals surface area contributed by atoms with Crippen molar-refractivity contribution in [2.45, 2.75) is 26.1 Å². The van der Waals surface area contributed by atoms with Crippen LogP contribution in [0.4, 0.5) is 0 Å². The van der Waals surface area contributed by atoms with Crippen molar-refractivity contribution in [3.63, 3.8) is 0 Å². The van der Waals surface area contributed by atoms with Gasteiger partial charge in [-0.1, -0.05) is 19.6 Å². The van der Waals surface area contributed by atoms with Crippen LogP contribution in [0.2, 0.25) is 19.6 Å². The lowest BCUT2D eigenvalue weighted by molar-refractivity contribution is 0.420. The van der Waals surface area contributed by atoms with Crippen LogP contribution in [0, 0.1) is 11.5 Å². The smallest absolute Gasteiger partial charge is 0.129 e. The Balaban J connectivity index is 3.57. The van der Waals surface area contributed by atoms with E-state index in [0.29, 0.717) is 0 Å². The maximum absolute atomic E-state index is 3.34. The lowest BCUT2D eigenvalue weighted by Crippen LogP contribution is -2.17. The van der Waals surface area contributed by atoms with Crippen LogP contribution in [0.5, 0.6) is 0 Å². The zero-order valence-electron chi connectivity index (χ0n) is 8.36. The summed E-state index contributed by atoms with van der Waals surface area (Å²) >= 11 is 0. The van der Waals surface area contributed by atoms with Gasteiger partial charge in [0.1, 0.15) is 8.07 Å². The molecule has 0 rings (SSSR count). The zero-order chi connectivity index (χ0) is 8.91. The summed E-state index contributed by atoms with van der Waals surface area (Å²) < 4.78 is 0. The summed E-state index contributed by atoms with van der Waals surface area (Å²) in [6.45, 7) is 7.90. The molecule has 0 N–H and O–H groups in total. The van der Waals surface area contributed by atoms with Gasteiger partial charge in [-0.15, -0.1) is 11.5 Å². The minimum Gasteiger partial charge on any atom is -0.308 e. The van der Waals surface area contributed by atoms with E-state index >= 15 is 0 Å². The Bertz CT molecular complexity index is 157. The third-order valence-electron chi connectivity index (χ3n) is 1.15. The van der Waals surface area contributed by atoms with Gasteiger partial charge in [-0.2, -0.15) is 0 Å². The first kappa shape index (κ1) is 10.7. The molecular formula is C9H19NSi. The van der Waals surface area contributed by atoms with Crippen LogP contribution in [0.25, 0.3) is 0 Å². The predicted molar refractivity (Wildman–Crippen MR) is 54.3 cm³/mol. The minimum absolute atomic E-state index is 1.01. The third-order valence-corrected chi connectivity index (χ3v) is 2.07. The maximum Gasteiger partial charge on any atom is 0.129 e. The fourth-order valence-electron chi connectivity index (χ4n) is 0.607. The summed E-state index contributed by atoms with van der Waals surface area (Å²) in [6, 6.07) is 0. The summed E-state index contributed by atoms with van der Waals surface area (Å²) in [6.07, 6.45) is 1.01. The molecule has 0 saturated carbocycles. The lowest BCUT2D eigenvalue weighted by atomic mass is 10.4. The van der Waals surface area contributed by atoms with Crippen molar-refractivity contribution in [3.8, 4) is 11.5 Å². The Morgan fingerprint density at radius 1 is 1.18 bits per heavy atom. The standard InChI is InChI=1S/C9H19NSi/c1-10(2)8-6-7-9-11(3,4)5/h6,8H2,1-5H3. The third kappa shape index (κ3) is 9.74. The number of hydrogen-bond donors (Lipinski definition) is 0. The Labute approximate surface area is 71.8 Å². The lowest BCUT2D eigenvalue weighted by Gasteiger charge is -2.06.